The minimum Gasteiger partial charge on any atom is -0.491 e. The zero-order valence-electron chi connectivity index (χ0n) is 12.2. The zero-order chi connectivity index (χ0) is 14.4. The maximum absolute atomic E-state index is 10.1. The molecule has 0 bridgehead atoms. The Bertz CT molecular complexity index is 425. The molecule has 0 amide bonds. The molecular formula is C16H23NO2S. The molecule has 1 fully saturated rings. The third kappa shape index (κ3) is 4.85. The lowest BCUT2D eigenvalue weighted by molar-refractivity contribution is 0.0505. The lowest BCUT2D eigenvalue weighted by Gasteiger charge is -2.29. The van der Waals surface area contributed by atoms with Crippen molar-refractivity contribution >= 4 is 17.8 Å². The van der Waals surface area contributed by atoms with Gasteiger partial charge in [0, 0.05) is 24.6 Å². The molecule has 1 aliphatic heterocycles. The van der Waals surface area contributed by atoms with E-state index < -0.39 is 6.23 Å². The summed E-state index contributed by atoms with van der Waals surface area (Å²) in [6, 6.07) is 7.94. The van der Waals surface area contributed by atoms with Crippen LogP contribution in [0.2, 0.25) is 0 Å². The van der Waals surface area contributed by atoms with Crippen LogP contribution in [0.15, 0.2) is 30.3 Å². The Morgan fingerprint density at radius 1 is 1.20 bits per heavy atom. The highest BCUT2D eigenvalue weighted by atomic mass is 32.2. The molecule has 1 aromatic rings. The molecule has 4 heteroatoms. The van der Waals surface area contributed by atoms with Crippen LogP contribution in [-0.4, -0.2) is 46.9 Å². The van der Waals surface area contributed by atoms with Crippen LogP contribution in [0, 0.1) is 0 Å². The highest BCUT2D eigenvalue weighted by molar-refractivity contribution is 7.99. The number of thioether (sulfide) groups is 1. The molecule has 20 heavy (non-hydrogen) atoms. The van der Waals surface area contributed by atoms with Crippen LogP contribution in [0.5, 0.6) is 5.75 Å². The first-order valence-electron chi connectivity index (χ1n) is 7.10. The number of benzene rings is 1. The van der Waals surface area contributed by atoms with Gasteiger partial charge in [0.1, 0.15) is 12.0 Å². The first-order valence-corrected chi connectivity index (χ1v) is 8.25. The number of ether oxygens (including phenoxy) is 1. The molecule has 1 aliphatic rings. The van der Waals surface area contributed by atoms with Gasteiger partial charge >= 0.3 is 0 Å². The second-order valence-corrected chi connectivity index (χ2v) is 6.38. The van der Waals surface area contributed by atoms with Crippen LogP contribution in [0.3, 0.4) is 0 Å². The minimum atomic E-state index is -0.484. The molecule has 2 rings (SSSR count). The van der Waals surface area contributed by atoms with Crippen LogP contribution in [0.1, 0.15) is 19.4 Å². The molecule has 1 aromatic carbocycles. The van der Waals surface area contributed by atoms with E-state index in [2.05, 4.69) is 4.90 Å². The molecular weight excluding hydrogens is 270 g/mol. The Labute approximate surface area is 125 Å². The number of rotatable bonds is 5. The van der Waals surface area contributed by atoms with Crippen molar-refractivity contribution < 1.29 is 9.84 Å². The van der Waals surface area contributed by atoms with E-state index in [9.17, 15) is 5.11 Å². The quantitative estimate of drug-likeness (QED) is 0.905. The summed E-state index contributed by atoms with van der Waals surface area (Å²) in [5, 5.41) is 10.1. The molecule has 1 N–H and O–H groups in total. The Hall–Kier alpha value is -0.970. The van der Waals surface area contributed by atoms with Crippen molar-refractivity contribution in [2.45, 2.75) is 26.2 Å². The summed E-state index contributed by atoms with van der Waals surface area (Å²) < 4.78 is 5.61. The van der Waals surface area contributed by atoms with E-state index in [1.54, 1.807) is 0 Å². The van der Waals surface area contributed by atoms with E-state index in [1.165, 1.54) is 0 Å². The summed E-state index contributed by atoms with van der Waals surface area (Å²) in [7, 11) is 0. The number of hydrogen-bond donors (Lipinski definition) is 1. The molecule has 1 heterocycles. The smallest absolute Gasteiger partial charge is 0.126 e. The molecule has 0 saturated carbocycles. The van der Waals surface area contributed by atoms with Crippen molar-refractivity contribution in [1.82, 2.24) is 4.90 Å². The van der Waals surface area contributed by atoms with E-state index >= 15 is 0 Å². The van der Waals surface area contributed by atoms with Gasteiger partial charge in [-0.15, -0.1) is 0 Å². The van der Waals surface area contributed by atoms with Crippen molar-refractivity contribution in [1.29, 1.82) is 0 Å². The average Bonchev–Trinajstić information content (AvgIpc) is 2.46. The van der Waals surface area contributed by atoms with Crippen molar-refractivity contribution in [3.63, 3.8) is 0 Å². The Morgan fingerprint density at radius 3 is 2.45 bits per heavy atom. The third-order valence-corrected chi connectivity index (χ3v) is 4.07. The van der Waals surface area contributed by atoms with Crippen LogP contribution in [0.25, 0.3) is 6.08 Å². The van der Waals surface area contributed by atoms with Crippen LogP contribution in [0.4, 0.5) is 0 Å². The summed E-state index contributed by atoms with van der Waals surface area (Å²) >= 11 is 1.95. The Morgan fingerprint density at radius 2 is 1.85 bits per heavy atom. The first kappa shape index (κ1) is 15.4. The summed E-state index contributed by atoms with van der Waals surface area (Å²) in [6.07, 6.45) is 3.53. The number of aliphatic hydroxyl groups excluding tert-OH is 1. The summed E-state index contributed by atoms with van der Waals surface area (Å²) in [5.74, 6) is 3.09. The SMILES string of the molecule is CC(C)Oc1ccc(/C=C/C(O)N2CCSCC2)cc1. The molecule has 3 nitrogen and oxygen atoms in total. The first-order chi connectivity index (χ1) is 9.65. The van der Waals surface area contributed by atoms with E-state index in [0.717, 1.165) is 35.9 Å². The maximum Gasteiger partial charge on any atom is 0.126 e. The monoisotopic (exact) mass is 293 g/mol. The molecule has 1 saturated heterocycles. The average molecular weight is 293 g/mol. The topological polar surface area (TPSA) is 32.7 Å². The van der Waals surface area contributed by atoms with Gasteiger partial charge in [0.05, 0.1) is 6.10 Å². The molecule has 0 radical (unpaired) electrons. The van der Waals surface area contributed by atoms with Crippen molar-refractivity contribution in [3.05, 3.63) is 35.9 Å². The predicted octanol–water partition coefficient (Wildman–Crippen LogP) is 2.85. The Kier molecular flexibility index (Phi) is 5.95. The lowest BCUT2D eigenvalue weighted by Crippen LogP contribution is -2.39. The number of nitrogens with zero attached hydrogens (tertiary/aromatic N) is 1. The standard InChI is InChI=1S/C16H23NO2S/c1-13(2)19-15-6-3-14(4-7-15)5-8-16(18)17-9-11-20-12-10-17/h3-8,13,16,18H,9-12H2,1-2H3/b8-5+. The fourth-order valence-electron chi connectivity index (χ4n) is 2.09. The summed E-state index contributed by atoms with van der Waals surface area (Å²) in [6.45, 7) is 5.94. The third-order valence-electron chi connectivity index (χ3n) is 3.13. The van der Waals surface area contributed by atoms with E-state index in [1.807, 2.05) is 62.0 Å². The van der Waals surface area contributed by atoms with Gasteiger partial charge in [-0.05, 0) is 37.6 Å². The lowest BCUT2D eigenvalue weighted by atomic mass is 10.2. The van der Waals surface area contributed by atoms with Gasteiger partial charge in [0.15, 0.2) is 0 Å². The van der Waals surface area contributed by atoms with Crippen LogP contribution < -0.4 is 4.74 Å². The van der Waals surface area contributed by atoms with Crippen molar-refractivity contribution in [3.8, 4) is 5.75 Å². The highest BCUT2D eigenvalue weighted by Gasteiger charge is 2.15. The minimum absolute atomic E-state index is 0.190. The normalized spacial score (nSPS) is 18.6. The van der Waals surface area contributed by atoms with Crippen molar-refractivity contribution in [2.75, 3.05) is 24.6 Å². The fraction of sp³-hybridized carbons (Fsp3) is 0.500. The summed E-state index contributed by atoms with van der Waals surface area (Å²) in [4.78, 5) is 2.10. The van der Waals surface area contributed by atoms with Crippen LogP contribution >= 0.6 is 11.8 Å². The van der Waals surface area contributed by atoms with Gasteiger partial charge in [-0.2, -0.15) is 11.8 Å². The molecule has 0 aliphatic carbocycles. The Balaban J connectivity index is 1.89. The van der Waals surface area contributed by atoms with Gasteiger partial charge in [0.2, 0.25) is 0 Å². The largest absolute Gasteiger partial charge is 0.491 e. The van der Waals surface area contributed by atoms with Crippen molar-refractivity contribution in [2.24, 2.45) is 0 Å². The van der Waals surface area contributed by atoms with E-state index in [-0.39, 0.29) is 6.10 Å². The molecule has 1 unspecified atom stereocenters. The molecule has 0 aromatic heterocycles. The van der Waals surface area contributed by atoms with Gasteiger partial charge < -0.3 is 9.84 Å². The highest BCUT2D eigenvalue weighted by Crippen LogP contribution is 2.16. The van der Waals surface area contributed by atoms with Gasteiger partial charge in [0.25, 0.3) is 0 Å². The fourth-order valence-corrected chi connectivity index (χ4v) is 3.02. The van der Waals surface area contributed by atoms with E-state index in [4.69, 9.17) is 4.74 Å². The van der Waals surface area contributed by atoms with Gasteiger partial charge in [-0.25, -0.2) is 0 Å². The molecule has 1 atom stereocenters. The molecule has 0 spiro atoms. The van der Waals surface area contributed by atoms with E-state index in [0.29, 0.717) is 0 Å². The number of aliphatic hydroxyl groups is 1. The summed E-state index contributed by atoms with van der Waals surface area (Å²) in [5.41, 5.74) is 1.08. The predicted molar refractivity (Wildman–Crippen MR) is 86.1 cm³/mol. The maximum atomic E-state index is 10.1. The van der Waals surface area contributed by atoms with Gasteiger partial charge in [-0.1, -0.05) is 18.2 Å². The second-order valence-electron chi connectivity index (χ2n) is 5.16. The molecule has 110 valence electrons. The number of hydrogen-bond acceptors (Lipinski definition) is 4. The zero-order valence-corrected chi connectivity index (χ0v) is 13.0. The van der Waals surface area contributed by atoms with Gasteiger partial charge in [-0.3, -0.25) is 4.90 Å². The second kappa shape index (κ2) is 7.72. The van der Waals surface area contributed by atoms with Crippen LogP contribution in [-0.2, 0) is 0 Å².